The Balaban J connectivity index is 1.76. The second-order valence-corrected chi connectivity index (χ2v) is 5.10. The van der Waals surface area contributed by atoms with E-state index in [0.717, 1.165) is 11.3 Å². The first-order valence-corrected chi connectivity index (χ1v) is 6.78. The third kappa shape index (κ3) is 3.12. The summed E-state index contributed by atoms with van der Waals surface area (Å²) >= 11 is 5.85. The lowest BCUT2D eigenvalue weighted by atomic mass is 10.2. The van der Waals surface area contributed by atoms with Gasteiger partial charge >= 0.3 is 0 Å². The molecule has 1 N–H and O–H groups in total. The second kappa shape index (κ2) is 5.67. The van der Waals surface area contributed by atoms with Crippen LogP contribution in [0.5, 0.6) is 0 Å². The molecule has 0 saturated carbocycles. The zero-order chi connectivity index (χ0) is 14.8. The van der Waals surface area contributed by atoms with Gasteiger partial charge in [0.25, 0.3) is 0 Å². The van der Waals surface area contributed by atoms with Crippen molar-refractivity contribution in [3.8, 4) is 11.5 Å². The highest BCUT2D eigenvalue weighted by molar-refractivity contribution is 6.30. The first kappa shape index (κ1) is 13.8. The van der Waals surface area contributed by atoms with Crippen molar-refractivity contribution in [2.45, 2.75) is 19.6 Å². The minimum atomic E-state index is -0.638. The van der Waals surface area contributed by atoms with E-state index < -0.39 is 6.10 Å². The molecule has 108 valence electrons. The number of hydrogen-bond donors (Lipinski definition) is 1. The van der Waals surface area contributed by atoms with E-state index in [9.17, 15) is 5.11 Å². The van der Waals surface area contributed by atoms with Gasteiger partial charge in [-0.3, -0.25) is 0 Å². The van der Waals surface area contributed by atoms with Crippen molar-refractivity contribution >= 4 is 11.6 Å². The quantitative estimate of drug-likeness (QED) is 0.802. The monoisotopic (exact) mass is 304 g/mol. The fraction of sp³-hybridized carbons (Fsp3) is 0.214. The largest absolute Gasteiger partial charge is 0.444 e. The van der Waals surface area contributed by atoms with E-state index in [1.807, 2.05) is 12.1 Å². The topological polar surface area (TPSA) is 77.0 Å². The Bertz CT molecular complexity index is 734. The number of rotatable bonds is 4. The van der Waals surface area contributed by atoms with Gasteiger partial charge in [-0.15, -0.1) is 5.10 Å². The maximum Gasteiger partial charge on any atom is 0.226 e. The number of hydrogen-bond acceptors (Lipinski definition) is 5. The third-order valence-corrected chi connectivity index (χ3v) is 3.20. The highest BCUT2D eigenvalue weighted by Gasteiger charge is 2.10. The molecule has 0 aliphatic heterocycles. The van der Waals surface area contributed by atoms with Crippen LogP contribution in [0, 0.1) is 0 Å². The molecule has 0 bridgehead atoms. The van der Waals surface area contributed by atoms with Gasteiger partial charge in [0, 0.05) is 10.6 Å². The molecular weight excluding hydrogens is 292 g/mol. The Morgan fingerprint density at radius 3 is 2.76 bits per heavy atom. The molecule has 0 aliphatic carbocycles. The van der Waals surface area contributed by atoms with Gasteiger partial charge in [-0.1, -0.05) is 16.8 Å². The summed E-state index contributed by atoms with van der Waals surface area (Å²) in [6, 6.07) is 7.26. The van der Waals surface area contributed by atoms with Gasteiger partial charge in [-0.25, -0.2) is 9.67 Å². The third-order valence-electron chi connectivity index (χ3n) is 2.95. The molecule has 3 aromatic rings. The normalized spacial score (nSPS) is 12.5. The van der Waals surface area contributed by atoms with Gasteiger partial charge in [-0.05, 0) is 31.2 Å². The van der Waals surface area contributed by atoms with Crippen LogP contribution >= 0.6 is 11.6 Å². The predicted octanol–water partition coefficient (Wildman–Crippen LogP) is 2.69. The molecular formula is C14H13ClN4O2. The number of aliphatic hydroxyl groups is 1. The molecule has 1 aromatic carbocycles. The summed E-state index contributed by atoms with van der Waals surface area (Å²) in [6.07, 6.45) is 2.62. The smallest absolute Gasteiger partial charge is 0.226 e. The van der Waals surface area contributed by atoms with Crippen LogP contribution in [0.4, 0.5) is 0 Å². The Morgan fingerprint density at radius 1 is 1.33 bits per heavy atom. The van der Waals surface area contributed by atoms with Crippen molar-refractivity contribution in [1.82, 2.24) is 20.0 Å². The lowest BCUT2D eigenvalue weighted by Gasteiger charge is -1.96. The Labute approximate surface area is 126 Å². The maximum atomic E-state index is 9.42. The first-order valence-electron chi connectivity index (χ1n) is 6.40. The van der Waals surface area contributed by atoms with Gasteiger partial charge in [0.1, 0.15) is 17.7 Å². The summed E-state index contributed by atoms with van der Waals surface area (Å²) in [7, 11) is 0. The predicted molar refractivity (Wildman–Crippen MR) is 76.7 cm³/mol. The summed E-state index contributed by atoms with van der Waals surface area (Å²) in [6.45, 7) is 2.07. The Hall–Kier alpha value is -2.18. The van der Waals surface area contributed by atoms with Crippen LogP contribution in [-0.4, -0.2) is 25.1 Å². The van der Waals surface area contributed by atoms with Crippen LogP contribution in [0.2, 0.25) is 5.02 Å². The molecule has 21 heavy (non-hydrogen) atoms. The van der Waals surface area contributed by atoms with Crippen LogP contribution in [0.15, 0.2) is 41.1 Å². The standard InChI is InChI=1S/C14H13ClN4O2/c1-9(20)13-7-19(18-17-13)6-12-8-21-14(16-12)10-2-4-11(15)5-3-10/h2-5,7-9,20H,6H2,1H3. The van der Waals surface area contributed by atoms with E-state index in [1.165, 1.54) is 0 Å². The molecule has 0 spiro atoms. The second-order valence-electron chi connectivity index (χ2n) is 4.67. The van der Waals surface area contributed by atoms with E-state index in [1.54, 1.807) is 36.2 Å². The van der Waals surface area contributed by atoms with Gasteiger partial charge in [0.05, 0.1) is 18.8 Å². The molecule has 1 unspecified atom stereocenters. The fourth-order valence-corrected chi connectivity index (χ4v) is 1.98. The summed E-state index contributed by atoms with van der Waals surface area (Å²) in [5.41, 5.74) is 2.10. The molecule has 2 aromatic heterocycles. The molecule has 7 heteroatoms. The zero-order valence-corrected chi connectivity index (χ0v) is 12.0. The van der Waals surface area contributed by atoms with E-state index in [2.05, 4.69) is 15.3 Å². The zero-order valence-electron chi connectivity index (χ0n) is 11.3. The fourth-order valence-electron chi connectivity index (χ4n) is 1.85. The van der Waals surface area contributed by atoms with Crippen molar-refractivity contribution in [2.75, 3.05) is 0 Å². The summed E-state index contributed by atoms with van der Waals surface area (Å²) < 4.78 is 7.05. The molecule has 0 aliphatic rings. The Morgan fingerprint density at radius 2 is 2.10 bits per heavy atom. The van der Waals surface area contributed by atoms with E-state index in [4.69, 9.17) is 16.0 Å². The van der Waals surface area contributed by atoms with Crippen LogP contribution < -0.4 is 0 Å². The average Bonchev–Trinajstić information content (AvgIpc) is 3.10. The molecule has 2 heterocycles. The Kier molecular flexibility index (Phi) is 3.72. The number of aromatic nitrogens is 4. The number of oxazole rings is 1. The number of benzene rings is 1. The van der Waals surface area contributed by atoms with Gasteiger partial charge < -0.3 is 9.52 Å². The van der Waals surface area contributed by atoms with E-state index in [0.29, 0.717) is 23.2 Å². The molecule has 0 radical (unpaired) electrons. The molecule has 6 nitrogen and oxygen atoms in total. The van der Waals surface area contributed by atoms with Gasteiger partial charge in [-0.2, -0.15) is 0 Å². The van der Waals surface area contributed by atoms with E-state index >= 15 is 0 Å². The molecule has 1 atom stereocenters. The van der Waals surface area contributed by atoms with Crippen molar-refractivity contribution < 1.29 is 9.52 Å². The molecule has 0 fully saturated rings. The minimum absolute atomic E-state index is 0.427. The number of nitrogens with zero attached hydrogens (tertiary/aromatic N) is 4. The lowest BCUT2D eigenvalue weighted by Crippen LogP contribution is -2.00. The summed E-state index contributed by atoms with van der Waals surface area (Å²) in [5, 5.41) is 17.9. The highest BCUT2D eigenvalue weighted by atomic mass is 35.5. The van der Waals surface area contributed by atoms with Gasteiger partial charge in [0.15, 0.2) is 0 Å². The first-order chi connectivity index (χ1) is 10.1. The molecule has 0 amide bonds. The van der Waals surface area contributed by atoms with Crippen LogP contribution in [-0.2, 0) is 6.54 Å². The molecule has 0 saturated heterocycles. The van der Waals surface area contributed by atoms with Crippen molar-refractivity contribution in [2.24, 2.45) is 0 Å². The van der Waals surface area contributed by atoms with Crippen LogP contribution in [0.3, 0.4) is 0 Å². The van der Waals surface area contributed by atoms with Crippen molar-refractivity contribution in [3.05, 3.63) is 53.1 Å². The van der Waals surface area contributed by atoms with E-state index in [-0.39, 0.29) is 0 Å². The minimum Gasteiger partial charge on any atom is -0.444 e. The SMILES string of the molecule is CC(O)c1cn(Cc2coc(-c3ccc(Cl)cc3)n2)nn1. The van der Waals surface area contributed by atoms with Crippen molar-refractivity contribution in [1.29, 1.82) is 0 Å². The van der Waals surface area contributed by atoms with Gasteiger partial charge in [0.2, 0.25) is 5.89 Å². The van der Waals surface area contributed by atoms with Crippen LogP contribution in [0.1, 0.15) is 24.4 Å². The lowest BCUT2D eigenvalue weighted by molar-refractivity contribution is 0.194. The van der Waals surface area contributed by atoms with Crippen LogP contribution in [0.25, 0.3) is 11.5 Å². The summed E-state index contributed by atoms with van der Waals surface area (Å²) in [5.74, 6) is 0.525. The summed E-state index contributed by atoms with van der Waals surface area (Å²) in [4.78, 5) is 4.40. The molecule has 3 rings (SSSR count). The highest BCUT2D eigenvalue weighted by Crippen LogP contribution is 2.21. The van der Waals surface area contributed by atoms with Crippen molar-refractivity contribution in [3.63, 3.8) is 0 Å². The average molecular weight is 305 g/mol. The number of halogens is 1. The number of aliphatic hydroxyl groups excluding tert-OH is 1. The maximum absolute atomic E-state index is 9.42.